The monoisotopic (exact) mass is 352 g/mol. The number of halogens is 1. The Hall–Kier alpha value is -1.90. The van der Waals surface area contributed by atoms with Crippen molar-refractivity contribution in [3.05, 3.63) is 23.5 Å². The summed E-state index contributed by atoms with van der Waals surface area (Å²) < 4.78 is 20.3. The number of hydrogen-bond acceptors (Lipinski definition) is 6. The number of carbonyl (C=O) groups excluding carboxylic acids is 1. The summed E-state index contributed by atoms with van der Waals surface area (Å²) in [7, 11) is 0. The first kappa shape index (κ1) is 17.9. The second-order valence-corrected chi connectivity index (χ2v) is 6.85. The maximum Gasteiger partial charge on any atom is 0.256 e. The van der Waals surface area contributed by atoms with Crippen molar-refractivity contribution in [1.29, 1.82) is 0 Å². The van der Waals surface area contributed by atoms with E-state index in [1.54, 1.807) is 6.07 Å². The SMILES string of the molecule is CC(C)OC1CCN(Cc2cc(O)c(N3CC(=O)NN3)c(F)c2)CC1. The molecule has 2 aliphatic heterocycles. The van der Waals surface area contributed by atoms with Crippen LogP contribution in [0.2, 0.25) is 0 Å². The van der Waals surface area contributed by atoms with Gasteiger partial charge in [0.15, 0.2) is 5.82 Å². The molecule has 0 saturated carbocycles. The van der Waals surface area contributed by atoms with E-state index < -0.39 is 5.82 Å². The predicted octanol–water partition coefficient (Wildman–Crippen LogP) is 1.28. The van der Waals surface area contributed by atoms with E-state index >= 15 is 0 Å². The van der Waals surface area contributed by atoms with Crippen molar-refractivity contribution >= 4 is 11.6 Å². The number of anilines is 1. The first-order valence-electron chi connectivity index (χ1n) is 8.63. The van der Waals surface area contributed by atoms with Gasteiger partial charge in [-0.3, -0.25) is 20.1 Å². The molecule has 0 bridgehead atoms. The highest BCUT2D eigenvalue weighted by atomic mass is 19.1. The molecule has 0 spiro atoms. The summed E-state index contributed by atoms with van der Waals surface area (Å²) in [5.41, 5.74) is 5.58. The maximum atomic E-state index is 14.4. The van der Waals surface area contributed by atoms with Gasteiger partial charge in [0.05, 0.1) is 12.2 Å². The number of nitrogens with one attached hydrogen (secondary N) is 2. The molecule has 1 amide bonds. The smallest absolute Gasteiger partial charge is 0.256 e. The summed E-state index contributed by atoms with van der Waals surface area (Å²) in [6.07, 6.45) is 2.43. The highest BCUT2D eigenvalue weighted by Crippen LogP contribution is 2.32. The van der Waals surface area contributed by atoms with Gasteiger partial charge in [-0.15, -0.1) is 5.53 Å². The second kappa shape index (κ2) is 7.55. The van der Waals surface area contributed by atoms with Crippen LogP contribution in [-0.4, -0.2) is 47.8 Å². The lowest BCUT2D eigenvalue weighted by atomic mass is 10.1. The minimum absolute atomic E-state index is 0.0221. The summed E-state index contributed by atoms with van der Waals surface area (Å²) in [5, 5.41) is 11.4. The zero-order valence-corrected chi connectivity index (χ0v) is 14.6. The molecule has 2 fully saturated rings. The summed E-state index contributed by atoms with van der Waals surface area (Å²) >= 11 is 0. The number of hydrogen-bond donors (Lipinski definition) is 3. The van der Waals surface area contributed by atoms with Gasteiger partial charge in [0.1, 0.15) is 18.0 Å². The summed E-state index contributed by atoms with van der Waals surface area (Å²) in [5.74, 6) is -1.02. The van der Waals surface area contributed by atoms with Crippen molar-refractivity contribution in [2.45, 2.75) is 45.4 Å². The van der Waals surface area contributed by atoms with Gasteiger partial charge >= 0.3 is 0 Å². The summed E-state index contributed by atoms with van der Waals surface area (Å²) in [4.78, 5) is 13.5. The number of ether oxygens (including phenoxy) is 1. The number of carbonyl (C=O) groups is 1. The number of hydrazine groups is 2. The molecule has 3 N–H and O–H groups in total. The lowest BCUT2D eigenvalue weighted by Crippen LogP contribution is -2.38. The molecule has 2 saturated heterocycles. The number of amides is 1. The molecule has 2 aliphatic rings. The van der Waals surface area contributed by atoms with E-state index in [4.69, 9.17) is 4.74 Å². The fourth-order valence-corrected chi connectivity index (χ4v) is 3.33. The lowest BCUT2D eigenvalue weighted by molar-refractivity contribution is -0.118. The van der Waals surface area contributed by atoms with Crippen LogP contribution in [0.25, 0.3) is 0 Å². The third-order valence-corrected chi connectivity index (χ3v) is 4.41. The normalized spacial score (nSPS) is 19.7. The number of piperidine rings is 1. The quantitative estimate of drug-likeness (QED) is 0.741. The van der Waals surface area contributed by atoms with Crippen LogP contribution in [0.15, 0.2) is 12.1 Å². The third-order valence-electron chi connectivity index (χ3n) is 4.41. The van der Waals surface area contributed by atoms with Crippen LogP contribution in [-0.2, 0) is 16.1 Å². The van der Waals surface area contributed by atoms with Crippen LogP contribution in [0.1, 0.15) is 32.3 Å². The van der Waals surface area contributed by atoms with Gasteiger partial charge in [-0.05, 0) is 44.4 Å². The van der Waals surface area contributed by atoms with Crippen molar-refractivity contribution in [3.8, 4) is 5.75 Å². The lowest BCUT2D eigenvalue weighted by Gasteiger charge is -2.33. The highest BCUT2D eigenvalue weighted by molar-refractivity contribution is 5.84. The Bertz CT molecular complexity index is 609. The van der Waals surface area contributed by atoms with E-state index in [1.165, 1.54) is 11.1 Å². The minimum atomic E-state index is -0.558. The molecule has 7 nitrogen and oxygen atoms in total. The van der Waals surface area contributed by atoms with Crippen molar-refractivity contribution < 1.29 is 19.0 Å². The van der Waals surface area contributed by atoms with E-state index in [0.717, 1.165) is 25.9 Å². The topological polar surface area (TPSA) is 77.1 Å². The molecule has 2 heterocycles. The number of aromatic hydroxyl groups is 1. The van der Waals surface area contributed by atoms with Crippen LogP contribution in [0, 0.1) is 5.82 Å². The highest BCUT2D eigenvalue weighted by Gasteiger charge is 2.26. The molecular formula is C17H25FN4O3. The van der Waals surface area contributed by atoms with Crippen molar-refractivity contribution in [1.82, 2.24) is 15.9 Å². The molecule has 0 radical (unpaired) electrons. The Balaban J connectivity index is 1.61. The van der Waals surface area contributed by atoms with Gasteiger partial charge in [-0.1, -0.05) is 0 Å². The van der Waals surface area contributed by atoms with Crippen LogP contribution in [0.4, 0.5) is 10.1 Å². The van der Waals surface area contributed by atoms with Gasteiger partial charge in [0.25, 0.3) is 5.91 Å². The largest absolute Gasteiger partial charge is 0.506 e. The van der Waals surface area contributed by atoms with Crippen LogP contribution in [0.3, 0.4) is 0 Å². The van der Waals surface area contributed by atoms with Crippen molar-refractivity contribution in [3.63, 3.8) is 0 Å². The van der Waals surface area contributed by atoms with Crippen LogP contribution < -0.4 is 16.0 Å². The van der Waals surface area contributed by atoms with Gasteiger partial charge in [-0.25, -0.2) is 4.39 Å². The second-order valence-electron chi connectivity index (χ2n) is 6.85. The Kier molecular flexibility index (Phi) is 5.41. The molecule has 8 heteroatoms. The zero-order valence-electron chi connectivity index (χ0n) is 14.6. The van der Waals surface area contributed by atoms with Gasteiger partial charge in [0.2, 0.25) is 0 Å². The Morgan fingerprint density at radius 1 is 1.36 bits per heavy atom. The minimum Gasteiger partial charge on any atom is -0.506 e. The summed E-state index contributed by atoms with van der Waals surface area (Å²) in [6.45, 7) is 6.37. The fraction of sp³-hybridized carbons (Fsp3) is 0.588. The molecular weight excluding hydrogens is 327 g/mol. The molecule has 0 unspecified atom stereocenters. The molecule has 0 aliphatic carbocycles. The van der Waals surface area contributed by atoms with E-state index in [-0.39, 0.29) is 36.1 Å². The Morgan fingerprint density at radius 3 is 2.64 bits per heavy atom. The first-order valence-corrected chi connectivity index (χ1v) is 8.63. The Labute approximate surface area is 146 Å². The number of phenolic OH excluding ortho intramolecular Hbond substituents is 1. The molecule has 25 heavy (non-hydrogen) atoms. The number of benzene rings is 1. The number of likely N-dealkylation sites (tertiary alicyclic amines) is 1. The Morgan fingerprint density at radius 2 is 2.08 bits per heavy atom. The number of phenols is 1. The molecule has 0 atom stereocenters. The molecule has 138 valence electrons. The number of rotatable bonds is 5. The summed E-state index contributed by atoms with van der Waals surface area (Å²) in [6, 6.07) is 2.97. The predicted molar refractivity (Wildman–Crippen MR) is 91.2 cm³/mol. The molecule has 1 aromatic rings. The van der Waals surface area contributed by atoms with Crippen LogP contribution >= 0.6 is 0 Å². The fourth-order valence-electron chi connectivity index (χ4n) is 3.33. The van der Waals surface area contributed by atoms with Gasteiger partial charge in [-0.2, -0.15) is 0 Å². The van der Waals surface area contributed by atoms with E-state index in [0.29, 0.717) is 12.1 Å². The zero-order chi connectivity index (χ0) is 18.0. The first-order chi connectivity index (χ1) is 11.9. The molecule has 1 aromatic carbocycles. The third kappa shape index (κ3) is 4.39. The average Bonchev–Trinajstić information content (AvgIpc) is 2.94. The van der Waals surface area contributed by atoms with Crippen LogP contribution in [0.5, 0.6) is 5.75 Å². The van der Waals surface area contributed by atoms with Gasteiger partial charge in [0, 0.05) is 19.6 Å². The van der Waals surface area contributed by atoms with Crippen molar-refractivity contribution in [2.24, 2.45) is 0 Å². The molecule has 3 rings (SSSR count). The molecule has 0 aromatic heterocycles. The average molecular weight is 352 g/mol. The van der Waals surface area contributed by atoms with E-state index in [2.05, 4.69) is 15.9 Å². The standard InChI is InChI=1S/C17H25FN4O3/c1-11(2)25-13-3-5-21(6-4-13)9-12-7-14(18)17(15(23)8-12)22-10-16(24)19-20-22/h7-8,11,13,20,23H,3-6,9-10H2,1-2H3,(H,19,24). The van der Waals surface area contributed by atoms with E-state index in [1.807, 2.05) is 13.8 Å². The van der Waals surface area contributed by atoms with Gasteiger partial charge < -0.3 is 9.84 Å². The van der Waals surface area contributed by atoms with E-state index in [9.17, 15) is 14.3 Å². The number of nitrogens with zero attached hydrogens (tertiary/aromatic N) is 2. The van der Waals surface area contributed by atoms with Crippen molar-refractivity contribution in [2.75, 3.05) is 24.6 Å². The maximum absolute atomic E-state index is 14.4.